The Labute approximate surface area is 237 Å². The number of phosphoric acid groups is 1. The molecule has 1 unspecified atom stereocenters. The van der Waals surface area contributed by atoms with E-state index in [2.05, 4.69) is 15.3 Å². The van der Waals surface area contributed by atoms with Crippen molar-refractivity contribution in [1.82, 2.24) is 9.97 Å². The number of nitrogens with two attached hydrogens (primary N) is 1. The van der Waals surface area contributed by atoms with Gasteiger partial charge in [0.25, 0.3) is 5.91 Å². The predicted molar refractivity (Wildman–Crippen MR) is 145 cm³/mol. The molecule has 3 heterocycles. The summed E-state index contributed by atoms with van der Waals surface area (Å²) in [6.07, 6.45) is 0.994. The lowest BCUT2D eigenvalue weighted by Crippen LogP contribution is -2.56. The van der Waals surface area contributed by atoms with Gasteiger partial charge in [0.15, 0.2) is 0 Å². The van der Waals surface area contributed by atoms with Gasteiger partial charge >= 0.3 is 7.82 Å². The maximum absolute atomic E-state index is 14.5. The molecule has 1 fully saturated rings. The van der Waals surface area contributed by atoms with Gasteiger partial charge in [0, 0.05) is 30.6 Å². The van der Waals surface area contributed by atoms with Gasteiger partial charge in [-0.25, -0.2) is 22.7 Å². The van der Waals surface area contributed by atoms with Gasteiger partial charge < -0.3 is 40.8 Å². The third-order valence-corrected chi connectivity index (χ3v) is 6.97. The number of piperidine rings is 1. The van der Waals surface area contributed by atoms with Crippen LogP contribution < -0.4 is 16.0 Å². The van der Waals surface area contributed by atoms with Crippen molar-refractivity contribution < 1.29 is 47.4 Å². The molecule has 3 aromatic rings. The summed E-state index contributed by atoms with van der Waals surface area (Å²) in [6, 6.07) is 4.61. The number of amides is 1. The maximum Gasteiger partial charge on any atom is 0.466 e. The van der Waals surface area contributed by atoms with E-state index in [0.29, 0.717) is 43.0 Å². The number of fused-ring (bicyclic) bond motifs is 1. The lowest BCUT2D eigenvalue weighted by Gasteiger charge is -2.41. The third kappa shape index (κ3) is 6.95. The number of carbonyl (C=O) groups excluding carboxylic acids is 1. The Bertz CT molecular complexity index is 1500. The Kier molecular flexibility index (Phi) is 9.33. The van der Waals surface area contributed by atoms with Gasteiger partial charge in [-0.2, -0.15) is 0 Å². The van der Waals surface area contributed by atoms with Crippen LogP contribution in [0.2, 0.25) is 0 Å². The zero-order chi connectivity index (χ0) is 30.9. The monoisotopic (exact) mass is 611 g/mol. The molecule has 12 nitrogen and oxygen atoms in total. The average Bonchev–Trinajstić information content (AvgIpc) is 3.27. The molecule has 1 amide bonds. The minimum atomic E-state index is -4.64. The van der Waals surface area contributed by atoms with E-state index in [-0.39, 0.29) is 11.6 Å². The van der Waals surface area contributed by atoms with Crippen LogP contribution in [-0.4, -0.2) is 66.0 Å². The zero-order valence-electron chi connectivity index (χ0n) is 22.2. The molecular weight excluding hydrogens is 582 g/mol. The lowest BCUT2D eigenvalue weighted by atomic mass is 9.92. The van der Waals surface area contributed by atoms with Gasteiger partial charge in [-0.15, -0.1) is 0 Å². The highest BCUT2D eigenvalue weighted by molar-refractivity contribution is 7.45. The molecule has 4 atom stereocenters. The molecule has 1 aromatic carbocycles. The average molecular weight is 612 g/mol. The largest absolute Gasteiger partial charge is 0.466 e. The van der Waals surface area contributed by atoms with Gasteiger partial charge in [-0.05, 0) is 37.1 Å². The van der Waals surface area contributed by atoms with E-state index in [1.54, 1.807) is 0 Å². The van der Waals surface area contributed by atoms with Crippen molar-refractivity contribution in [2.75, 3.05) is 23.3 Å². The fourth-order valence-corrected chi connectivity index (χ4v) is 5.11. The van der Waals surface area contributed by atoms with E-state index in [9.17, 15) is 28.2 Å². The van der Waals surface area contributed by atoms with Crippen molar-refractivity contribution >= 4 is 25.1 Å². The predicted octanol–water partition coefficient (Wildman–Crippen LogP) is 2.01. The topological polar surface area (TPSA) is 202 Å². The molecule has 2 aliphatic rings. The first kappa shape index (κ1) is 31.5. The van der Waals surface area contributed by atoms with Gasteiger partial charge in [0.1, 0.15) is 28.8 Å². The SMILES string of the molecule is C[C@H]1CN(c2c(NC(=O)c3ccc(F)c(-c4c(F)cccc4F)n3)cnc3c2CCC3O)C[C@@H](N)[C@@H]1O.O=P(O)(O)O. The van der Waals surface area contributed by atoms with Crippen LogP contribution >= 0.6 is 7.82 Å². The second-order valence-corrected chi connectivity index (χ2v) is 11.1. The summed E-state index contributed by atoms with van der Waals surface area (Å²) >= 11 is 0. The number of carbonyl (C=O) groups is 1. The Morgan fingerprint density at radius 2 is 1.71 bits per heavy atom. The van der Waals surface area contributed by atoms with E-state index < -0.39 is 60.7 Å². The molecule has 0 radical (unpaired) electrons. The van der Waals surface area contributed by atoms with Crippen molar-refractivity contribution in [2.24, 2.45) is 11.7 Å². The number of nitrogens with one attached hydrogen (secondary N) is 1. The smallest absolute Gasteiger partial charge is 0.391 e. The normalized spacial score (nSPS) is 21.8. The van der Waals surface area contributed by atoms with Crippen molar-refractivity contribution in [1.29, 1.82) is 0 Å². The van der Waals surface area contributed by atoms with Crippen LogP contribution in [0.1, 0.15) is 41.2 Å². The van der Waals surface area contributed by atoms with Crippen molar-refractivity contribution in [3.05, 3.63) is 70.9 Å². The summed E-state index contributed by atoms with van der Waals surface area (Å²) in [5.41, 5.74) is 6.85. The summed E-state index contributed by atoms with van der Waals surface area (Å²) in [6.45, 7) is 2.64. The minimum absolute atomic E-state index is 0.153. The van der Waals surface area contributed by atoms with E-state index in [1.807, 2.05) is 11.8 Å². The van der Waals surface area contributed by atoms with Crippen molar-refractivity contribution in [3.63, 3.8) is 0 Å². The lowest BCUT2D eigenvalue weighted by molar-refractivity contribution is 0.0784. The van der Waals surface area contributed by atoms with Crippen LogP contribution in [0, 0.1) is 23.4 Å². The number of halogens is 3. The van der Waals surface area contributed by atoms with Crippen molar-refractivity contribution in [2.45, 2.75) is 38.0 Å². The minimum Gasteiger partial charge on any atom is -0.391 e. The standard InChI is InChI=1S/C26H26F3N5O3.H3O4P/c1-12-10-34(11-17(30)25(12)36)24-13-5-8-20(35)22(13)31-9-19(24)33-26(37)18-7-6-16(29)23(32-18)21-14(27)3-2-4-15(21)28;1-5(2,3)4/h2-4,6-7,9,12,17,20,25,35-36H,5,8,10-11,30H2,1H3,(H,33,37);(H3,1,2,3,4)/t12-,17+,20?,25+;/m0./s1. The second-order valence-electron chi connectivity index (χ2n) is 10.1. The number of aromatic nitrogens is 2. The molecule has 8 N–H and O–H groups in total. The highest BCUT2D eigenvalue weighted by Gasteiger charge is 2.36. The molecule has 2 aromatic heterocycles. The Hall–Kier alpha value is -3.43. The summed E-state index contributed by atoms with van der Waals surface area (Å²) in [7, 11) is -4.64. The molecule has 0 spiro atoms. The highest BCUT2D eigenvalue weighted by Crippen LogP contribution is 2.41. The first-order valence-electron chi connectivity index (χ1n) is 12.7. The van der Waals surface area contributed by atoms with E-state index in [1.165, 1.54) is 6.20 Å². The molecule has 1 aliphatic carbocycles. The number of aliphatic hydroxyl groups excluding tert-OH is 2. The van der Waals surface area contributed by atoms with Gasteiger partial charge in [-0.1, -0.05) is 13.0 Å². The Balaban J connectivity index is 0.000000748. The van der Waals surface area contributed by atoms with Gasteiger partial charge in [-0.3, -0.25) is 9.78 Å². The van der Waals surface area contributed by atoms with Crippen LogP contribution in [0.15, 0.2) is 36.5 Å². The number of benzene rings is 1. The molecule has 1 saturated heterocycles. The highest BCUT2D eigenvalue weighted by atomic mass is 31.2. The van der Waals surface area contributed by atoms with Gasteiger partial charge in [0.2, 0.25) is 0 Å². The summed E-state index contributed by atoms with van der Waals surface area (Å²) in [4.78, 5) is 45.0. The number of hydrogen-bond donors (Lipinski definition) is 7. The number of aliphatic hydroxyl groups is 2. The molecular formula is C26H29F3N5O7P. The first-order chi connectivity index (χ1) is 19.7. The molecule has 226 valence electrons. The number of nitrogens with zero attached hydrogens (tertiary/aromatic N) is 3. The van der Waals surface area contributed by atoms with Crippen LogP contribution in [0.3, 0.4) is 0 Å². The summed E-state index contributed by atoms with van der Waals surface area (Å²) in [5.74, 6) is -3.90. The van der Waals surface area contributed by atoms with Crippen LogP contribution in [0.5, 0.6) is 0 Å². The summed E-state index contributed by atoms with van der Waals surface area (Å²) in [5, 5.41) is 23.4. The number of rotatable bonds is 4. The van der Waals surface area contributed by atoms with Gasteiger partial charge in [0.05, 0.1) is 41.0 Å². The maximum atomic E-state index is 14.5. The first-order valence-corrected chi connectivity index (χ1v) is 14.3. The third-order valence-electron chi connectivity index (χ3n) is 6.97. The zero-order valence-corrected chi connectivity index (χ0v) is 23.0. The fraction of sp³-hybridized carbons (Fsp3) is 0.346. The molecule has 0 saturated carbocycles. The number of pyridine rings is 2. The summed E-state index contributed by atoms with van der Waals surface area (Å²) < 4.78 is 52.0. The second kappa shape index (κ2) is 12.4. The van der Waals surface area contributed by atoms with E-state index in [0.717, 1.165) is 35.9 Å². The molecule has 16 heteroatoms. The van der Waals surface area contributed by atoms with Crippen molar-refractivity contribution in [3.8, 4) is 11.3 Å². The Morgan fingerprint density at radius 1 is 1.07 bits per heavy atom. The van der Waals surface area contributed by atoms with Crippen LogP contribution in [0.4, 0.5) is 24.5 Å². The number of hydrogen-bond acceptors (Lipinski definition) is 8. The number of anilines is 2. The van der Waals surface area contributed by atoms with Crippen LogP contribution in [-0.2, 0) is 11.0 Å². The van der Waals surface area contributed by atoms with E-state index in [4.69, 9.17) is 25.0 Å². The Morgan fingerprint density at radius 3 is 2.33 bits per heavy atom. The molecule has 5 rings (SSSR count). The molecule has 1 aliphatic heterocycles. The van der Waals surface area contributed by atoms with E-state index >= 15 is 0 Å². The van der Waals surface area contributed by atoms with Crippen LogP contribution in [0.25, 0.3) is 11.3 Å². The quantitative estimate of drug-likeness (QED) is 0.213. The molecule has 42 heavy (non-hydrogen) atoms. The fourth-order valence-electron chi connectivity index (χ4n) is 5.11. The molecule has 0 bridgehead atoms.